The normalized spacial score (nSPS) is 12.7. The average Bonchev–Trinajstić information content (AvgIpc) is 2.13. The van der Waals surface area contributed by atoms with Gasteiger partial charge in [0.15, 0.2) is 0 Å². The molecular weight excluding hydrogens is 270 g/mol. The minimum Gasteiger partial charge on any atom is -0.392 e. The average molecular weight is 281 g/mol. The Hall–Kier alpha value is -1.00. The van der Waals surface area contributed by atoms with E-state index in [1.165, 1.54) is 6.92 Å². The Labute approximate surface area is 98.7 Å². The molecule has 0 aliphatic rings. The summed E-state index contributed by atoms with van der Waals surface area (Å²) in [6.07, 6.45) is 0. The van der Waals surface area contributed by atoms with Crippen LogP contribution in [0, 0.1) is 6.92 Å². The Bertz CT molecular complexity index is 594. The first-order valence-electron chi connectivity index (χ1n) is 4.32. The Kier molecular flexibility index (Phi) is 3.60. The Morgan fingerprint density at radius 1 is 1.18 bits per heavy atom. The van der Waals surface area contributed by atoms with E-state index in [0.717, 1.165) is 12.1 Å². The molecule has 1 rings (SSSR count). The van der Waals surface area contributed by atoms with Gasteiger partial charge in [0, 0.05) is 5.56 Å². The number of aryl methyl sites for hydroxylation is 1. The fourth-order valence-electron chi connectivity index (χ4n) is 1.39. The summed E-state index contributed by atoms with van der Waals surface area (Å²) in [7, 11) is -8.82. The van der Waals surface area contributed by atoms with Crippen molar-refractivity contribution in [3.05, 3.63) is 23.3 Å². The fourth-order valence-corrected chi connectivity index (χ4v) is 3.14. The van der Waals surface area contributed by atoms with Crippen molar-refractivity contribution in [2.75, 3.05) is 0 Å². The maximum Gasteiger partial charge on any atom is 0.294 e. The van der Waals surface area contributed by atoms with Crippen LogP contribution in [0.25, 0.3) is 0 Å². The van der Waals surface area contributed by atoms with Crippen molar-refractivity contribution in [1.29, 1.82) is 0 Å². The molecule has 0 aliphatic heterocycles. The van der Waals surface area contributed by atoms with Crippen LogP contribution >= 0.6 is 0 Å². The van der Waals surface area contributed by atoms with Gasteiger partial charge in [-0.3, -0.25) is 4.55 Å². The molecule has 9 heteroatoms. The number of primary sulfonamides is 1. The van der Waals surface area contributed by atoms with Crippen LogP contribution in [0.3, 0.4) is 0 Å². The molecule has 4 N–H and O–H groups in total. The Morgan fingerprint density at radius 3 is 2.00 bits per heavy atom. The quantitative estimate of drug-likeness (QED) is 0.632. The number of aliphatic hydroxyl groups is 1. The molecule has 96 valence electrons. The summed E-state index contributed by atoms with van der Waals surface area (Å²) in [5.41, 5.74) is -0.167. The smallest absolute Gasteiger partial charge is 0.294 e. The topological polar surface area (TPSA) is 135 Å². The van der Waals surface area contributed by atoms with Gasteiger partial charge in [-0.15, -0.1) is 0 Å². The second kappa shape index (κ2) is 4.35. The van der Waals surface area contributed by atoms with Crippen molar-refractivity contribution in [3.63, 3.8) is 0 Å². The van der Waals surface area contributed by atoms with E-state index >= 15 is 0 Å². The maximum absolute atomic E-state index is 11.2. The van der Waals surface area contributed by atoms with Crippen molar-refractivity contribution in [2.45, 2.75) is 23.3 Å². The van der Waals surface area contributed by atoms with Crippen molar-refractivity contribution < 1.29 is 26.5 Å². The van der Waals surface area contributed by atoms with E-state index in [1.54, 1.807) is 0 Å². The van der Waals surface area contributed by atoms with Crippen LogP contribution in [0.4, 0.5) is 0 Å². The van der Waals surface area contributed by atoms with Crippen molar-refractivity contribution in [3.8, 4) is 0 Å². The highest BCUT2D eigenvalue weighted by Gasteiger charge is 2.23. The molecule has 0 aliphatic carbocycles. The molecule has 17 heavy (non-hydrogen) atoms. The van der Waals surface area contributed by atoms with Gasteiger partial charge >= 0.3 is 0 Å². The Balaban J connectivity index is 3.83. The fraction of sp³-hybridized carbons (Fsp3) is 0.250. The summed E-state index contributed by atoms with van der Waals surface area (Å²) in [6, 6.07) is 2.17. The van der Waals surface area contributed by atoms with Crippen molar-refractivity contribution in [2.24, 2.45) is 5.14 Å². The second-order valence-electron chi connectivity index (χ2n) is 3.42. The molecule has 0 unspecified atom stereocenters. The lowest BCUT2D eigenvalue weighted by molar-refractivity contribution is 0.274. The number of hydrogen-bond acceptors (Lipinski definition) is 5. The van der Waals surface area contributed by atoms with Crippen LogP contribution in [0.15, 0.2) is 21.9 Å². The van der Waals surface area contributed by atoms with Gasteiger partial charge in [-0.25, -0.2) is 13.6 Å². The predicted molar refractivity (Wildman–Crippen MR) is 58.3 cm³/mol. The van der Waals surface area contributed by atoms with E-state index in [9.17, 15) is 16.8 Å². The molecular formula is C8H11NO6S2. The molecule has 0 heterocycles. The minimum atomic E-state index is -4.63. The molecule has 0 radical (unpaired) electrons. The van der Waals surface area contributed by atoms with Crippen LogP contribution in [0.5, 0.6) is 0 Å². The maximum atomic E-state index is 11.2. The largest absolute Gasteiger partial charge is 0.392 e. The van der Waals surface area contributed by atoms with E-state index in [-0.39, 0.29) is 5.56 Å². The van der Waals surface area contributed by atoms with Gasteiger partial charge in [0.05, 0.1) is 11.5 Å². The van der Waals surface area contributed by atoms with Crippen LogP contribution in [-0.4, -0.2) is 26.5 Å². The number of aliphatic hydroxyl groups excluding tert-OH is 1. The molecule has 1 aromatic carbocycles. The summed E-state index contributed by atoms with van der Waals surface area (Å²) in [4.78, 5) is -1.18. The van der Waals surface area contributed by atoms with Gasteiger partial charge < -0.3 is 5.11 Å². The van der Waals surface area contributed by atoms with Gasteiger partial charge in [-0.2, -0.15) is 8.42 Å². The van der Waals surface area contributed by atoms with E-state index in [4.69, 9.17) is 14.8 Å². The lowest BCUT2D eigenvalue weighted by Crippen LogP contribution is -2.17. The molecule has 0 bridgehead atoms. The molecule has 1 aromatic rings. The van der Waals surface area contributed by atoms with Gasteiger partial charge in [0.1, 0.15) is 4.90 Å². The van der Waals surface area contributed by atoms with Gasteiger partial charge in [0.2, 0.25) is 10.0 Å². The number of benzene rings is 1. The third-order valence-corrected chi connectivity index (χ3v) is 3.95. The summed E-state index contributed by atoms with van der Waals surface area (Å²) in [6.45, 7) is 0.561. The highest BCUT2D eigenvalue weighted by molar-refractivity contribution is 7.89. The molecule has 0 fully saturated rings. The summed E-state index contributed by atoms with van der Waals surface area (Å²) < 4.78 is 53.5. The Morgan fingerprint density at radius 2 is 1.65 bits per heavy atom. The zero-order chi connectivity index (χ0) is 13.4. The molecule has 0 amide bonds. The van der Waals surface area contributed by atoms with Crippen LogP contribution in [0.1, 0.15) is 11.1 Å². The molecule has 0 aromatic heterocycles. The van der Waals surface area contributed by atoms with Gasteiger partial charge in [-0.05, 0) is 24.6 Å². The summed E-state index contributed by atoms with van der Waals surface area (Å²) >= 11 is 0. The van der Waals surface area contributed by atoms with E-state index in [1.807, 2.05) is 0 Å². The SMILES string of the molecule is Cc1cc(S(N)(=O)=O)c(CO)c(S(=O)(=O)O)c1. The lowest BCUT2D eigenvalue weighted by Gasteiger charge is -2.10. The third-order valence-electron chi connectivity index (χ3n) is 2.05. The van der Waals surface area contributed by atoms with E-state index in [2.05, 4.69) is 0 Å². The lowest BCUT2D eigenvalue weighted by atomic mass is 10.1. The second-order valence-corrected chi connectivity index (χ2v) is 6.34. The first-order chi connectivity index (χ1) is 7.57. The minimum absolute atomic E-state index is 0.277. The zero-order valence-corrected chi connectivity index (χ0v) is 10.4. The van der Waals surface area contributed by atoms with Crippen molar-refractivity contribution >= 4 is 20.1 Å². The summed E-state index contributed by atoms with van der Waals surface area (Å²) in [5, 5.41) is 13.9. The van der Waals surface area contributed by atoms with Gasteiger partial charge in [0.25, 0.3) is 10.1 Å². The number of rotatable bonds is 3. The molecule has 0 spiro atoms. The van der Waals surface area contributed by atoms with Crippen molar-refractivity contribution in [1.82, 2.24) is 0 Å². The highest BCUT2D eigenvalue weighted by atomic mass is 32.2. The third kappa shape index (κ3) is 3.01. The molecule has 0 saturated heterocycles. The number of sulfonamides is 1. The first-order valence-corrected chi connectivity index (χ1v) is 7.30. The van der Waals surface area contributed by atoms with Crippen LogP contribution in [0.2, 0.25) is 0 Å². The predicted octanol–water partition coefficient (Wildman–Crippen LogP) is -0.619. The molecule has 0 saturated carbocycles. The first kappa shape index (κ1) is 14.1. The van der Waals surface area contributed by atoms with Crippen LogP contribution < -0.4 is 5.14 Å². The van der Waals surface area contributed by atoms with E-state index in [0.29, 0.717) is 0 Å². The molecule has 0 atom stereocenters. The van der Waals surface area contributed by atoms with Crippen LogP contribution in [-0.2, 0) is 26.7 Å². The zero-order valence-electron chi connectivity index (χ0n) is 8.78. The van der Waals surface area contributed by atoms with Gasteiger partial charge in [-0.1, -0.05) is 0 Å². The standard InChI is InChI=1S/C8H11NO6S2/c1-5-2-7(16(9,11)12)6(4-10)8(3-5)17(13,14)15/h2-3,10H,4H2,1H3,(H2,9,11,12)(H,13,14,15). The monoisotopic (exact) mass is 281 g/mol. The summed E-state index contributed by atoms with van der Waals surface area (Å²) in [5.74, 6) is 0. The number of nitrogens with two attached hydrogens (primary N) is 1. The molecule has 7 nitrogen and oxygen atoms in total. The number of hydrogen-bond donors (Lipinski definition) is 3. The van der Waals surface area contributed by atoms with E-state index < -0.39 is 42.1 Å². The highest BCUT2D eigenvalue weighted by Crippen LogP contribution is 2.24.